The van der Waals surface area contributed by atoms with Gasteiger partial charge in [-0.05, 0) is 92.2 Å². The van der Waals surface area contributed by atoms with Crippen molar-refractivity contribution in [2.24, 2.45) is 0 Å². The lowest BCUT2D eigenvalue weighted by molar-refractivity contribution is -0.137. The zero-order chi connectivity index (χ0) is 32.0. The molecule has 0 amide bonds. The fourth-order valence-electron chi connectivity index (χ4n) is 6.41. The van der Waals surface area contributed by atoms with Gasteiger partial charge in [0.1, 0.15) is 0 Å². The van der Waals surface area contributed by atoms with Crippen LogP contribution in [0.5, 0.6) is 0 Å². The first-order chi connectivity index (χ1) is 20.9. The number of aromatic nitrogens is 3. The maximum atomic E-state index is 12.7. The molecule has 0 radical (unpaired) electrons. The number of nitrogens with one attached hydrogen (secondary N) is 4. The van der Waals surface area contributed by atoms with E-state index in [0.29, 0.717) is 22.5 Å². The molecule has 2 aliphatic heterocycles. The Bertz CT molecular complexity index is 1970. The first-order valence-corrected chi connectivity index (χ1v) is 14.4. The molecule has 5 heterocycles. The summed E-state index contributed by atoms with van der Waals surface area (Å²) in [7, 11) is 0. The van der Waals surface area contributed by atoms with Crippen molar-refractivity contribution in [1.29, 1.82) is 0 Å². The Hall–Kier alpha value is -5.25. The molecule has 0 aromatic carbocycles. The van der Waals surface area contributed by atoms with Crippen molar-refractivity contribution in [2.45, 2.75) is 59.9 Å². The number of hydrogen-bond acceptors (Lipinski definition) is 4. The highest BCUT2D eigenvalue weighted by Gasteiger charge is 2.34. The highest BCUT2D eigenvalue weighted by Crippen LogP contribution is 2.38. The van der Waals surface area contributed by atoms with Crippen LogP contribution in [-0.2, 0) is 16.0 Å². The van der Waals surface area contributed by atoms with E-state index in [4.69, 9.17) is 0 Å². The van der Waals surface area contributed by atoms with Crippen molar-refractivity contribution in [3.63, 3.8) is 0 Å². The zero-order valence-electron chi connectivity index (χ0n) is 25.4. The lowest BCUT2D eigenvalue weighted by Crippen LogP contribution is -2.27. The molecule has 228 valence electrons. The first-order valence-electron chi connectivity index (χ1n) is 14.4. The zero-order valence-corrected chi connectivity index (χ0v) is 25.4. The van der Waals surface area contributed by atoms with Crippen molar-refractivity contribution in [1.82, 2.24) is 20.3 Å². The van der Waals surface area contributed by atoms with Gasteiger partial charge in [0.15, 0.2) is 0 Å². The van der Waals surface area contributed by atoms with Crippen molar-refractivity contribution < 1.29 is 29.7 Å². The number of aromatic amines is 3. The van der Waals surface area contributed by atoms with Crippen LogP contribution >= 0.6 is 0 Å². The summed E-state index contributed by atoms with van der Waals surface area (Å²) in [5.74, 6) is -3.46. The van der Waals surface area contributed by atoms with E-state index in [2.05, 4.69) is 33.8 Å². The van der Waals surface area contributed by atoms with E-state index in [1.165, 1.54) is 0 Å². The number of rotatable bonds is 7. The average Bonchev–Trinajstić information content (AvgIpc) is 3.63. The van der Waals surface area contributed by atoms with E-state index in [1.54, 1.807) is 13.0 Å². The Kier molecular flexibility index (Phi) is 7.86. The molecule has 0 saturated carbocycles. The fourth-order valence-corrected chi connectivity index (χ4v) is 6.41. The summed E-state index contributed by atoms with van der Waals surface area (Å²) in [5, 5.41) is 35.0. The number of carboxylic acid groups (broad SMARTS) is 3. The SMILES string of the molecule is C=Cc1c2[nH]c(c1C)/C=C1\NC(C(CCC(=O)O)=C1C)/C(=C/C(=O)O)c1[nH]c(c(C)c1C(=O)O)/C=c1\[nH]/c(c(C)c1CC)=C\2. The summed E-state index contributed by atoms with van der Waals surface area (Å²) in [6.45, 7) is 13.7. The van der Waals surface area contributed by atoms with E-state index in [9.17, 15) is 29.7 Å². The molecule has 7 N–H and O–H groups in total. The van der Waals surface area contributed by atoms with Crippen LogP contribution in [-0.4, -0.2) is 54.2 Å². The molecule has 3 aromatic rings. The van der Waals surface area contributed by atoms with Gasteiger partial charge in [0.2, 0.25) is 0 Å². The van der Waals surface area contributed by atoms with Gasteiger partial charge >= 0.3 is 17.9 Å². The van der Waals surface area contributed by atoms with Crippen LogP contribution in [0, 0.1) is 20.8 Å². The molecule has 3 aromatic heterocycles. The number of carbonyl (C=O) groups is 3. The second kappa shape index (κ2) is 11.4. The Morgan fingerprint density at radius 1 is 0.886 bits per heavy atom. The Morgan fingerprint density at radius 2 is 1.57 bits per heavy atom. The summed E-state index contributed by atoms with van der Waals surface area (Å²) in [6, 6.07) is -0.792. The minimum absolute atomic E-state index is 0.0456. The molecule has 1 atom stereocenters. The molecule has 5 rings (SSSR count). The summed E-state index contributed by atoms with van der Waals surface area (Å²) < 4.78 is 0. The molecule has 0 spiro atoms. The van der Waals surface area contributed by atoms with Gasteiger partial charge in [0.25, 0.3) is 0 Å². The van der Waals surface area contributed by atoms with Crippen molar-refractivity contribution in [2.75, 3.05) is 0 Å². The second-order valence-electron chi connectivity index (χ2n) is 11.2. The summed E-state index contributed by atoms with van der Waals surface area (Å²) in [5.41, 5.74) is 9.04. The molecular weight excluding hydrogens is 560 g/mol. The molecule has 0 aliphatic carbocycles. The fraction of sp³-hybridized carbons (Fsp3) is 0.265. The standard InChI is InChI=1S/C34H36N4O6/c1-7-19-15(3)23-12-25-17(5)21(9-10-29(39)40)32(37-25)22(11-30(41)42)33-31(34(43)44)18(6)26(38-33)14-28-20(8-2)16(4)24(36-28)13-27(19)35-23/h7,11-14,32,35-38H,1,8-10H2,2-6H3,(H,39,40)(H,41,42)(H,43,44)/b22-11-,24-13-,25-12-,28-14-. The average molecular weight is 597 g/mol. The van der Waals surface area contributed by atoms with Gasteiger partial charge in [-0.3, -0.25) is 4.79 Å². The third kappa shape index (κ3) is 5.12. The number of aromatic carboxylic acids is 1. The predicted octanol–water partition coefficient (Wildman–Crippen LogP) is 4.13. The number of aliphatic carboxylic acids is 2. The molecule has 10 nitrogen and oxygen atoms in total. The number of carboxylic acids is 3. The van der Waals surface area contributed by atoms with E-state index < -0.39 is 23.9 Å². The van der Waals surface area contributed by atoms with Crippen LogP contribution in [0.15, 0.2) is 29.5 Å². The minimum atomic E-state index is -1.26. The molecular formula is C34H36N4O6. The van der Waals surface area contributed by atoms with Gasteiger partial charge in [-0.25, -0.2) is 9.59 Å². The third-order valence-electron chi connectivity index (χ3n) is 8.77. The molecule has 1 unspecified atom stereocenters. The van der Waals surface area contributed by atoms with Crippen LogP contribution in [0.25, 0.3) is 29.9 Å². The molecule has 44 heavy (non-hydrogen) atoms. The number of fused-ring (bicyclic) bond motifs is 8. The third-order valence-corrected chi connectivity index (χ3v) is 8.77. The Balaban J connectivity index is 1.93. The van der Waals surface area contributed by atoms with Gasteiger partial charge in [-0.1, -0.05) is 19.6 Å². The maximum Gasteiger partial charge on any atom is 0.338 e. The Labute approximate surface area is 253 Å². The van der Waals surface area contributed by atoms with E-state index >= 15 is 0 Å². The van der Waals surface area contributed by atoms with Crippen LogP contribution in [0.2, 0.25) is 0 Å². The molecule has 8 bridgehead atoms. The second-order valence-corrected chi connectivity index (χ2v) is 11.2. The minimum Gasteiger partial charge on any atom is -0.481 e. The Morgan fingerprint density at radius 3 is 2.18 bits per heavy atom. The highest BCUT2D eigenvalue weighted by atomic mass is 16.4. The quantitative estimate of drug-likeness (QED) is 0.201. The lowest BCUT2D eigenvalue weighted by Gasteiger charge is -2.20. The smallest absolute Gasteiger partial charge is 0.338 e. The maximum absolute atomic E-state index is 12.7. The molecule has 10 heteroatoms. The van der Waals surface area contributed by atoms with Gasteiger partial charge in [-0.2, -0.15) is 0 Å². The van der Waals surface area contributed by atoms with E-state index in [0.717, 1.165) is 62.4 Å². The van der Waals surface area contributed by atoms with Crippen LogP contribution in [0.1, 0.15) is 87.6 Å². The largest absolute Gasteiger partial charge is 0.481 e. The number of H-pyrrole nitrogens is 3. The van der Waals surface area contributed by atoms with Gasteiger partial charge in [0.05, 0.1) is 17.3 Å². The number of allylic oxidation sites excluding steroid dienone is 1. The summed E-state index contributed by atoms with van der Waals surface area (Å²) in [6.07, 6.45) is 9.30. The van der Waals surface area contributed by atoms with Crippen molar-refractivity contribution in [3.05, 3.63) is 96.4 Å². The van der Waals surface area contributed by atoms with Crippen LogP contribution in [0.4, 0.5) is 0 Å². The van der Waals surface area contributed by atoms with Crippen LogP contribution < -0.4 is 16.0 Å². The van der Waals surface area contributed by atoms with Crippen molar-refractivity contribution >= 4 is 47.8 Å². The van der Waals surface area contributed by atoms with Gasteiger partial charge in [0, 0.05) is 57.1 Å². The van der Waals surface area contributed by atoms with E-state index in [-0.39, 0.29) is 29.7 Å². The van der Waals surface area contributed by atoms with Gasteiger partial charge < -0.3 is 35.6 Å². The van der Waals surface area contributed by atoms with Crippen molar-refractivity contribution in [3.8, 4) is 0 Å². The lowest BCUT2D eigenvalue weighted by atomic mass is 9.90. The molecule has 0 fully saturated rings. The topological polar surface area (TPSA) is 171 Å². The van der Waals surface area contributed by atoms with E-state index in [1.807, 2.05) is 39.0 Å². The normalized spacial score (nSPS) is 19.4. The predicted molar refractivity (Wildman–Crippen MR) is 169 cm³/mol. The van der Waals surface area contributed by atoms with Gasteiger partial charge in [-0.15, -0.1) is 0 Å². The number of hydrogen-bond donors (Lipinski definition) is 7. The van der Waals surface area contributed by atoms with Crippen LogP contribution in [0.3, 0.4) is 0 Å². The molecule has 2 aliphatic rings. The monoisotopic (exact) mass is 596 g/mol. The first kappa shape index (κ1) is 30.2. The molecule has 0 saturated heterocycles. The summed E-state index contributed by atoms with van der Waals surface area (Å²) >= 11 is 0. The highest BCUT2D eigenvalue weighted by molar-refractivity contribution is 6.01. The summed E-state index contributed by atoms with van der Waals surface area (Å²) in [4.78, 5) is 46.8.